The molecule has 4 heteroatoms. The number of methoxy groups -OCH3 is 1. The van der Waals surface area contributed by atoms with Crippen LogP contribution in [0.2, 0.25) is 0 Å². The standard InChI is InChI=1S/C15H13IO3/c1-18-15(17)14-8-3-2-5-11(14)10-19-13-7-4-6-12(16)9-13/h2-9H,10H2,1H3. The summed E-state index contributed by atoms with van der Waals surface area (Å²) in [5, 5.41) is 0. The van der Waals surface area contributed by atoms with Crippen molar-refractivity contribution in [2.45, 2.75) is 6.61 Å². The number of rotatable bonds is 4. The average molecular weight is 368 g/mol. The largest absolute Gasteiger partial charge is 0.489 e. The maximum Gasteiger partial charge on any atom is 0.338 e. The second-order valence-electron chi connectivity index (χ2n) is 3.89. The zero-order valence-corrected chi connectivity index (χ0v) is 12.6. The first-order chi connectivity index (χ1) is 9.20. The van der Waals surface area contributed by atoms with Gasteiger partial charge in [-0.1, -0.05) is 24.3 Å². The molecule has 0 saturated carbocycles. The molecule has 0 bridgehead atoms. The molecule has 0 aliphatic rings. The highest BCUT2D eigenvalue weighted by Crippen LogP contribution is 2.18. The van der Waals surface area contributed by atoms with Gasteiger partial charge in [-0.05, 0) is 46.9 Å². The molecule has 19 heavy (non-hydrogen) atoms. The van der Waals surface area contributed by atoms with Crippen LogP contribution in [0, 0.1) is 3.57 Å². The maximum atomic E-state index is 11.6. The van der Waals surface area contributed by atoms with Crippen molar-refractivity contribution in [1.82, 2.24) is 0 Å². The third-order valence-corrected chi connectivity index (χ3v) is 3.28. The lowest BCUT2D eigenvalue weighted by molar-refractivity contribution is 0.0597. The molecule has 0 fully saturated rings. The Morgan fingerprint density at radius 2 is 1.95 bits per heavy atom. The van der Waals surface area contributed by atoms with E-state index in [1.807, 2.05) is 36.4 Å². The summed E-state index contributed by atoms with van der Waals surface area (Å²) >= 11 is 2.23. The van der Waals surface area contributed by atoms with Crippen molar-refractivity contribution in [2.24, 2.45) is 0 Å². The summed E-state index contributed by atoms with van der Waals surface area (Å²) in [6, 6.07) is 15.0. The van der Waals surface area contributed by atoms with Crippen molar-refractivity contribution >= 4 is 28.6 Å². The van der Waals surface area contributed by atoms with Gasteiger partial charge in [-0.3, -0.25) is 0 Å². The molecule has 0 N–H and O–H groups in total. The molecule has 0 unspecified atom stereocenters. The molecule has 3 nitrogen and oxygen atoms in total. The van der Waals surface area contributed by atoms with Crippen LogP contribution in [-0.2, 0) is 11.3 Å². The van der Waals surface area contributed by atoms with Crippen molar-refractivity contribution in [3.05, 3.63) is 63.2 Å². The molecule has 0 aromatic heterocycles. The van der Waals surface area contributed by atoms with E-state index in [0.717, 1.165) is 14.9 Å². The number of halogens is 1. The summed E-state index contributed by atoms with van der Waals surface area (Å²) < 4.78 is 11.6. The lowest BCUT2D eigenvalue weighted by Gasteiger charge is -2.10. The second kappa shape index (κ2) is 6.56. The Labute approximate surface area is 125 Å². The van der Waals surface area contributed by atoms with Gasteiger partial charge in [-0.25, -0.2) is 4.79 Å². The Hall–Kier alpha value is -1.56. The summed E-state index contributed by atoms with van der Waals surface area (Å²) in [4.78, 5) is 11.6. The zero-order valence-electron chi connectivity index (χ0n) is 10.4. The van der Waals surface area contributed by atoms with Gasteiger partial charge in [0.15, 0.2) is 0 Å². The fraction of sp³-hybridized carbons (Fsp3) is 0.133. The van der Waals surface area contributed by atoms with Gasteiger partial charge in [0.1, 0.15) is 12.4 Å². The number of hydrogen-bond acceptors (Lipinski definition) is 3. The summed E-state index contributed by atoms with van der Waals surface area (Å²) in [5.41, 5.74) is 1.35. The predicted octanol–water partition coefficient (Wildman–Crippen LogP) is 3.66. The van der Waals surface area contributed by atoms with E-state index >= 15 is 0 Å². The van der Waals surface area contributed by atoms with Crippen LogP contribution in [0.15, 0.2) is 48.5 Å². The van der Waals surface area contributed by atoms with Crippen LogP contribution in [0.1, 0.15) is 15.9 Å². The first-order valence-corrected chi connectivity index (χ1v) is 6.83. The molecular weight excluding hydrogens is 355 g/mol. The molecule has 2 aromatic carbocycles. The first-order valence-electron chi connectivity index (χ1n) is 5.75. The molecule has 0 spiro atoms. The first kappa shape index (κ1) is 13.9. The molecule has 2 rings (SSSR count). The van der Waals surface area contributed by atoms with Gasteiger partial charge in [0.2, 0.25) is 0 Å². The van der Waals surface area contributed by atoms with E-state index in [9.17, 15) is 4.79 Å². The van der Waals surface area contributed by atoms with E-state index < -0.39 is 0 Å². The highest BCUT2D eigenvalue weighted by molar-refractivity contribution is 14.1. The van der Waals surface area contributed by atoms with Gasteiger partial charge >= 0.3 is 5.97 Å². The number of carbonyl (C=O) groups excluding carboxylic acids is 1. The average Bonchev–Trinajstić information content (AvgIpc) is 2.45. The van der Waals surface area contributed by atoms with Crippen LogP contribution >= 0.6 is 22.6 Å². The minimum Gasteiger partial charge on any atom is -0.489 e. The van der Waals surface area contributed by atoms with E-state index in [-0.39, 0.29) is 5.97 Å². The van der Waals surface area contributed by atoms with Gasteiger partial charge < -0.3 is 9.47 Å². The molecule has 0 amide bonds. The van der Waals surface area contributed by atoms with Crippen molar-refractivity contribution < 1.29 is 14.3 Å². The van der Waals surface area contributed by atoms with Gasteiger partial charge in [0, 0.05) is 9.13 Å². The zero-order chi connectivity index (χ0) is 13.7. The van der Waals surface area contributed by atoms with Gasteiger partial charge in [0.25, 0.3) is 0 Å². The second-order valence-corrected chi connectivity index (χ2v) is 5.14. The highest BCUT2D eigenvalue weighted by atomic mass is 127. The van der Waals surface area contributed by atoms with Crippen LogP contribution in [0.3, 0.4) is 0 Å². The molecule has 0 radical (unpaired) electrons. The molecule has 2 aromatic rings. The Morgan fingerprint density at radius 3 is 2.68 bits per heavy atom. The molecule has 0 atom stereocenters. The molecule has 98 valence electrons. The Kier molecular flexibility index (Phi) is 4.79. The van der Waals surface area contributed by atoms with E-state index in [4.69, 9.17) is 9.47 Å². The Morgan fingerprint density at radius 1 is 1.16 bits per heavy atom. The smallest absolute Gasteiger partial charge is 0.338 e. The number of esters is 1. The third-order valence-electron chi connectivity index (χ3n) is 2.61. The number of ether oxygens (including phenoxy) is 2. The van der Waals surface area contributed by atoms with Crippen molar-refractivity contribution in [1.29, 1.82) is 0 Å². The quantitative estimate of drug-likeness (QED) is 0.611. The minimum absolute atomic E-state index is 0.339. The number of carbonyl (C=O) groups is 1. The Bertz CT molecular complexity index is 581. The number of hydrogen-bond donors (Lipinski definition) is 0. The van der Waals surface area contributed by atoms with E-state index in [1.165, 1.54) is 7.11 Å². The van der Waals surface area contributed by atoms with Crippen LogP contribution in [0.25, 0.3) is 0 Å². The van der Waals surface area contributed by atoms with Crippen molar-refractivity contribution in [3.63, 3.8) is 0 Å². The normalized spacial score (nSPS) is 10.0. The molecule has 0 heterocycles. The molecule has 0 saturated heterocycles. The third kappa shape index (κ3) is 3.70. The summed E-state index contributed by atoms with van der Waals surface area (Å²) in [7, 11) is 1.37. The van der Waals surface area contributed by atoms with E-state index in [2.05, 4.69) is 22.6 Å². The van der Waals surface area contributed by atoms with E-state index in [0.29, 0.717) is 12.2 Å². The monoisotopic (exact) mass is 368 g/mol. The molecular formula is C15H13IO3. The van der Waals surface area contributed by atoms with Crippen molar-refractivity contribution in [2.75, 3.05) is 7.11 Å². The van der Waals surface area contributed by atoms with Gasteiger partial charge in [-0.2, -0.15) is 0 Å². The van der Waals surface area contributed by atoms with Crippen LogP contribution in [-0.4, -0.2) is 13.1 Å². The van der Waals surface area contributed by atoms with Crippen LogP contribution in [0.4, 0.5) is 0 Å². The maximum absolute atomic E-state index is 11.6. The topological polar surface area (TPSA) is 35.5 Å². The minimum atomic E-state index is -0.346. The lowest BCUT2D eigenvalue weighted by atomic mass is 10.1. The summed E-state index contributed by atoms with van der Waals surface area (Å²) in [6.45, 7) is 0.339. The SMILES string of the molecule is COC(=O)c1ccccc1COc1cccc(I)c1. The highest BCUT2D eigenvalue weighted by Gasteiger charge is 2.11. The number of benzene rings is 2. The lowest BCUT2D eigenvalue weighted by Crippen LogP contribution is -2.07. The molecule has 0 aliphatic carbocycles. The van der Waals surface area contributed by atoms with E-state index in [1.54, 1.807) is 12.1 Å². The summed E-state index contributed by atoms with van der Waals surface area (Å²) in [5.74, 6) is 0.438. The fourth-order valence-corrected chi connectivity index (χ4v) is 2.19. The van der Waals surface area contributed by atoms with Gasteiger partial charge in [-0.15, -0.1) is 0 Å². The fourth-order valence-electron chi connectivity index (χ4n) is 1.67. The summed E-state index contributed by atoms with van der Waals surface area (Å²) in [6.07, 6.45) is 0. The van der Waals surface area contributed by atoms with Gasteiger partial charge in [0.05, 0.1) is 12.7 Å². The van der Waals surface area contributed by atoms with Crippen LogP contribution in [0.5, 0.6) is 5.75 Å². The van der Waals surface area contributed by atoms with Crippen LogP contribution < -0.4 is 4.74 Å². The van der Waals surface area contributed by atoms with Crippen molar-refractivity contribution in [3.8, 4) is 5.75 Å². The molecule has 0 aliphatic heterocycles. The Balaban J connectivity index is 2.13. The predicted molar refractivity (Wildman–Crippen MR) is 81.3 cm³/mol.